The Bertz CT molecular complexity index is 681. The third kappa shape index (κ3) is 3.86. The fraction of sp³-hybridized carbons (Fsp3) is 0.375. The summed E-state index contributed by atoms with van der Waals surface area (Å²) in [5, 5.41) is 7.57. The Morgan fingerprint density at radius 1 is 1.35 bits per heavy atom. The maximum absolute atomic E-state index is 12.3. The second-order valence-corrected chi connectivity index (χ2v) is 6.17. The van der Waals surface area contributed by atoms with Gasteiger partial charge >= 0.3 is 0 Å². The normalized spacial score (nSPS) is 15.9. The molecular formula is C16H19Cl2N3O2. The van der Waals surface area contributed by atoms with Crippen LogP contribution in [-0.2, 0) is 0 Å². The van der Waals surface area contributed by atoms with Crippen LogP contribution in [0.3, 0.4) is 0 Å². The quantitative estimate of drug-likeness (QED) is 0.880. The summed E-state index contributed by atoms with van der Waals surface area (Å²) < 4.78 is 5.17. The van der Waals surface area contributed by atoms with E-state index >= 15 is 0 Å². The van der Waals surface area contributed by atoms with Crippen LogP contribution >= 0.6 is 24.0 Å². The third-order valence-corrected chi connectivity index (χ3v) is 4.42. The molecule has 1 amide bonds. The van der Waals surface area contributed by atoms with Gasteiger partial charge in [0.2, 0.25) is 5.76 Å². The summed E-state index contributed by atoms with van der Waals surface area (Å²) in [4.78, 5) is 12.3. The number of carbonyl (C=O) groups excluding carboxylic acids is 1. The topological polar surface area (TPSA) is 81.1 Å². The predicted molar refractivity (Wildman–Crippen MR) is 91.9 cm³/mol. The van der Waals surface area contributed by atoms with Gasteiger partial charge in [0.1, 0.15) is 5.69 Å². The lowest BCUT2D eigenvalue weighted by Gasteiger charge is -2.27. The maximum atomic E-state index is 12.3. The van der Waals surface area contributed by atoms with Crippen molar-refractivity contribution in [3.05, 3.63) is 41.1 Å². The first kappa shape index (κ1) is 17.8. The lowest BCUT2D eigenvalue weighted by atomic mass is 9.97. The van der Waals surface area contributed by atoms with E-state index in [2.05, 4.69) is 10.5 Å². The highest BCUT2D eigenvalue weighted by Gasteiger charge is 2.35. The van der Waals surface area contributed by atoms with E-state index in [1.165, 1.54) is 0 Å². The number of amides is 1. The number of carbonyl (C=O) groups is 1. The highest BCUT2D eigenvalue weighted by Crippen LogP contribution is 2.29. The summed E-state index contributed by atoms with van der Waals surface area (Å²) in [6.07, 6.45) is 3.98. The molecule has 1 saturated carbocycles. The van der Waals surface area contributed by atoms with Gasteiger partial charge in [0, 0.05) is 23.2 Å². The van der Waals surface area contributed by atoms with Crippen LogP contribution in [0.1, 0.15) is 36.2 Å². The second kappa shape index (κ2) is 7.34. The fourth-order valence-corrected chi connectivity index (χ4v) is 3.09. The summed E-state index contributed by atoms with van der Waals surface area (Å²) in [5.41, 5.74) is 6.92. The standard InChI is InChI=1S/C16H18ClN3O2.ClH/c17-12-5-3-4-11(8-12)13-9-14(22-20-13)15(21)19-16(10-18)6-1-2-7-16;/h3-5,8-9H,1-2,6-7,10,18H2,(H,19,21);1H. The van der Waals surface area contributed by atoms with Crippen molar-refractivity contribution in [2.24, 2.45) is 5.73 Å². The van der Waals surface area contributed by atoms with Gasteiger partial charge in [0.05, 0.1) is 5.54 Å². The zero-order chi connectivity index (χ0) is 15.6. The highest BCUT2D eigenvalue weighted by molar-refractivity contribution is 6.30. The van der Waals surface area contributed by atoms with Crippen LogP contribution in [0.25, 0.3) is 11.3 Å². The number of hydrogen-bond acceptors (Lipinski definition) is 4. The molecule has 0 atom stereocenters. The van der Waals surface area contributed by atoms with E-state index in [9.17, 15) is 4.79 Å². The van der Waals surface area contributed by atoms with Gasteiger partial charge in [-0.25, -0.2) is 0 Å². The van der Waals surface area contributed by atoms with Gasteiger partial charge in [-0.1, -0.05) is 41.7 Å². The molecule has 0 radical (unpaired) electrons. The number of hydrogen-bond donors (Lipinski definition) is 2. The molecule has 5 nitrogen and oxygen atoms in total. The Morgan fingerprint density at radius 2 is 2.09 bits per heavy atom. The number of nitrogens with two attached hydrogens (primary N) is 1. The average Bonchev–Trinajstić information content (AvgIpc) is 3.17. The summed E-state index contributed by atoms with van der Waals surface area (Å²) in [6.45, 7) is 0.439. The number of benzene rings is 1. The van der Waals surface area contributed by atoms with E-state index in [-0.39, 0.29) is 29.6 Å². The van der Waals surface area contributed by atoms with Gasteiger partial charge in [-0.2, -0.15) is 0 Å². The molecule has 1 fully saturated rings. The van der Waals surface area contributed by atoms with Gasteiger partial charge in [-0.05, 0) is 25.0 Å². The molecule has 0 spiro atoms. The Hall–Kier alpha value is -1.56. The van der Waals surface area contributed by atoms with Crippen LogP contribution in [0.15, 0.2) is 34.9 Å². The number of rotatable bonds is 4. The number of nitrogens with zero attached hydrogens (tertiary/aromatic N) is 1. The van der Waals surface area contributed by atoms with Crippen molar-refractivity contribution in [2.75, 3.05) is 6.54 Å². The largest absolute Gasteiger partial charge is 0.350 e. The highest BCUT2D eigenvalue weighted by atomic mass is 35.5. The van der Waals surface area contributed by atoms with Gasteiger partial charge in [0.25, 0.3) is 5.91 Å². The van der Waals surface area contributed by atoms with Crippen molar-refractivity contribution >= 4 is 29.9 Å². The van der Waals surface area contributed by atoms with Crippen LogP contribution in [0.4, 0.5) is 0 Å². The molecule has 1 aromatic carbocycles. The smallest absolute Gasteiger partial charge is 0.290 e. The first-order valence-corrected chi connectivity index (χ1v) is 7.75. The van der Waals surface area contributed by atoms with Crippen molar-refractivity contribution in [2.45, 2.75) is 31.2 Å². The molecule has 2 aromatic rings. The Morgan fingerprint density at radius 3 is 2.74 bits per heavy atom. The van der Waals surface area contributed by atoms with E-state index in [0.29, 0.717) is 17.3 Å². The van der Waals surface area contributed by atoms with Gasteiger partial charge in [0.15, 0.2) is 0 Å². The summed E-state index contributed by atoms with van der Waals surface area (Å²) in [6, 6.07) is 8.88. The monoisotopic (exact) mass is 355 g/mol. The van der Waals surface area contributed by atoms with Crippen LogP contribution in [0, 0.1) is 0 Å². The van der Waals surface area contributed by atoms with Crippen LogP contribution in [-0.4, -0.2) is 23.1 Å². The van der Waals surface area contributed by atoms with Crippen molar-refractivity contribution in [1.82, 2.24) is 10.5 Å². The molecule has 1 aliphatic rings. The van der Waals surface area contributed by atoms with Crippen LogP contribution in [0.2, 0.25) is 5.02 Å². The molecule has 1 aromatic heterocycles. The third-order valence-electron chi connectivity index (χ3n) is 4.18. The molecule has 1 aliphatic carbocycles. The Balaban J connectivity index is 0.00000192. The molecule has 7 heteroatoms. The minimum atomic E-state index is -0.305. The predicted octanol–water partition coefficient (Wildman–Crippen LogP) is 3.42. The molecule has 0 bridgehead atoms. The van der Waals surface area contributed by atoms with Crippen molar-refractivity contribution in [1.29, 1.82) is 0 Å². The lowest BCUT2D eigenvalue weighted by molar-refractivity contribution is 0.0865. The molecule has 1 heterocycles. The fourth-order valence-electron chi connectivity index (χ4n) is 2.90. The zero-order valence-electron chi connectivity index (χ0n) is 12.5. The first-order valence-electron chi connectivity index (χ1n) is 7.37. The van der Waals surface area contributed by atoms with Gasteiger partial charge in [-0.3, -0.25) is 4.79 Å². The number of aromatic nitrogens is 1. The van der Waals surface area contributed by atoms with E-state index in [0.717, 1.165) is 31.2 Å². The lowest BCUT2D eigenvalue weighted by Crippen LogP contribution is -2.51. The summed E-state index contributed by atoms with van der Waals surface area (Å²) >= 11 is 5.96. The zero-order valence-corrected chi connectivity index (χ0v) is 14.1. The van der Waals surface area contributed by atoms with Crippen molar-refractivity contribution in [3.63, 3.8) is 0 Å². The van der Waals surface area contributed by atoms with E-state index < -0.39 is 0 Å². The minimum Gasteiger partial charge on any atom is -0.350 e. The maximum Gasteiger partial charge on any atom is 0.290 e. The number of halogens is 2. The summed E-state index contributed by atoms with van der Waals surface area (Å²) in [5.74, 6) is -0.0807. The van der Waals surface area contributed by atoms with Gasteiger partial charge in [-0.15, -0.1) is 12.4 Å². The van der Waals surface area contributed by atoms with Crippen LogP contribution < -0.4 is 11.1 Å². The first-order chi connectivity index (χ1) is 10.6. The molecule has 3 rings (SSSR count). The van der Waals surface area contributed by atoms with E-state index in [1.807, 2.05) is 12.1 Å². The molecule has 3 N–H and O–H groups in total. The van der Waals surface area contributed by atoms with E-state index in [1.54, 1.807) is 18.2 Å². The van der Waals surface area contributed by atoms with E-state index in [4.69, 9.17) is 21.9 Å². The molecule has 0 unspecified atom stereocenters. The van der Waals surface area contributed by atoms with Crippen molar-refractivity contribution < 1.29 is 9.32 Å². The molecule has 124 valence electrons. The SMILES string of the molecule is Cl.NCC1(NC(=O)c2cc(-c3cccc(Cl)c3)no2)CCCC1. The molecular weight excluding hydrogens is 337 g/mol. The van der Waals surface area contributed by atoms with Gasteiger partial charge < -0.3 is 15.6 Å². The number of nitrogens with one attached hydrogen (secondary N) is 1. The summed E-state index contributed by atoms with van der Waals surface area (Å²) in [7, 11) is 0. The molecule has 23 heavy (non-hydrogen) atoms. The average molecular weight is 356 g/mol. The minimum absolute atomic E-state index is 0. The molecule has 0 aliphatic heterocycles. The Labute approximate surface area is 146 Å². The Kier molecular flexibility index (Phi) is 5.68. The van der Waals surface area contributed by atoms with Crippen LogP contribution in [0.5, 0.6) is 0 Å². The van der Waals surface area contributed by atoms with Crippen molar-refractivity contribution in [3.8, 4) is 11.3 Å². The second-order valence-electron chi connectivity index (χ2n) is 5.73. The molecule has 0 saturated heterocycles.